The van der Waals surface area contributed by atoms with Crippen LogP contribution in [0.1, 0.15) is 12.5 Å². The van der Waals surface area contributed by atoms with Crippen molar-refractivity contribution in [2.75, 3.05) is 19.5 Å². The number of ether oxygens (including phenoxy) is 2. The smallest absolute Gasteiger partial charge is 0.162 e. The molecule has 0 radical (unpaired) electrons. The summed E-state index contributed by atoms with van der Waals surface area (Å²) >= 11 is 0. The Morgan fingerprint density at radius 3 is 2.52 bits per heavy atom. The van der Waals surface area contributed by atoms with Gasteiger partial charge in [-0.15, -0.1) is 0 Å². The fraction of sp³-hybridized carbons (Fsp3) is 0.222. The number of aromatic nitrogens is 2. The molecular weight excluding hydrogens is 290 g/mol. The van der Waals surface area contributed by atoms with Gasteiger partial charge in [0.25, 0.3) is 0 Å². The summed E-state index contributed by atoms with van der Waals surface area (Å²) in [7, 11) is 3.24. The second-order valence-corrected chi connectivity index (χ2v) is 5.12. The van der Waals surface area contributed by atoms with Crippen LogP contribution in [0.25, 0.3) is 10.9 Å². The summed E-state index contributed by atoms with van der Waals surface area (Å²) in [6.07, 6.45) is 2.54. The number of rotatable bonds is 5. The zero-order valence-corrected chi connectivity index (χ0v) is 13.5. The molecule has 23 heavy (non-hydrogen) atoms. The van der Waals surface area contributed by atoms with Crippen molar-refractivity contribution in [1.82, 2.24) is 9.97 Å². The first-order chi connectivity index (χ1) is 11.2. The molecule has 5 heteroatoms. The highest BCUT2D eigenvalue weighted by Crippen LogP contribution is 2.32. The molecule has 0 aliphatic carbocycles. The maximum Gasteiger partial charge on any atom is 0.162 e. The quantitative estimate of drug-likeness (QED) is 0.773. The molecule has 0 saturated carbocycles. The number of hydrogen-bond acceptors (Lipinski definition) is 5. The first-order valence-electron chi connectivity index (χ1n) is 7.48. The number of benzene rings is 2. The van der Waals surface area contributed by atoms with Gasteiger partial charge in [-0.1, -0.05) is 13.0 Å². The lowest BCUT2D eigenvalue weighted by Gasteiger charge is -2.12. The Labute approximate surface area is 135 Å². The van der Waals surface area contributed by atoms with E-state index in [1.165, 1.54) is 5.56 Å². The molecule has 0 fully saturated rings. The van der Waals surface area contributed by atoms with E-state index in [1.54, 1.807) is 20.5 Å². The Morgan fingerprint density at radius 1 is 0.957 bits per heavy atom. The van der Waals surface area contributed by atoms with Crippen LogP contribution < -0.4 is 14.8 Å². The highest BCUT2D eigenvalue weighted by molar-refractivity contribution is 5.91. The third kappa shape index (κ3) is 3.04. The maximum absolute atomic E-state index is 5.34. The Kier molecular flexibility index (Phi) is 4.28. The molecule has 1 aromatic heterocycles. The Hall–Kier alpha value is -2.82. The standard InChI is InChI=1S/C18H19N3O2/c1-4-12-5-7-15-14(9-12)18(20-11-19-15)21-13-6-8-16(22-2)17(10-13)23-3/h5-11H,4H2,1-3H3,(H,19,20,21). The van der Waals surface area contributed by atoms with Gasteiger partial charge in [0.1, 0.15) is 12.1 Å². The van der Waals surface area contributed by atoms with E-state index in [0.29, 0.717) is 11.5 Å². The van der Waals surface area contributed by atoms with E-state index in [4.69, 9.17) is 9.47 Å². The number of hydrogen-bond donors (Lipinski definition) is 1. The van der Waals surface area contributed by atoms with Crippen LogP contribution in [0.15, 0.2) is 42.7 Å². The molecule has 0 bridgehead atoms. The molecule has 5 nitrogen and oxygen atoms in total. The largest absolute Gasteiger partial charge is 0.493 e. The molecule has 3 rings (SSSR count). The summed E-state index contributed by atoms with van der Waals surface area (Å²) in [5.41, 5.74) is 3.05. The van der Waals surface area contributed by atoms with Gasteiger partial charge in [-0.2, -0.15) is 0 Å². The van der Waals surface area contributed by atoms with Crippen molar-refractivity contribution in [3.8, 4) is 11.5 Å². The molecule has 3 aromatic rings. The number of nitrogens with zero attached hydrogens (tertiary/aromatic N) is 2. The molecule has 0 saturated heterocycles. The van der Waals surface area contributed by atoms with Crippen molar-refractivity contribution < 1.29 is 9.47 Å². The molecule has 0 amide bonds. The Bertz CT molecular complexity index is 834. The first-order valence-corrected chi connectivity index (χ1v) is 7.48. The third-order valence-corrected chi connectivity index (χ3v) is 3.75. The molecule has 1 heterocycles. The van der Waals surface area contributed by atoms with Crippen LogP contribution in [0.3, 0.4) is 0 Å². The van der Waals surface area contributed by atoms with Crippen LogP contribution in [0.4, 0.5) is 11.5 Å². The number of methoxy groups -OCH3 is 2. The van der Waals surface area contributed by atoms with E-state index in [-0.39, 0.29) is 0 Å². The van der Waals surface area contributed by atoms with Gasteiger partial charge in [-0.25, -0.2) is 9.97 Å². The Morgan fingerprint density at radius 2 is 1.78 bits per heavy atom. The lowest BCUT2D eigenvalue weighted by Crippen LogP contribution is -1.98. The minimum Gasteiger partial charge on any atom is -0.493 e. The summed E-state index contributed by atoms with van der Waals surface area (Å²) in [6, 6.07) is 11.9. The highest BCUT2D eigenvalue weighted by Gasteiger charge is 2.08. The minimum absolute atomic E-state index is 0.671. The van der Waals surface area contributed by atoms with E-state index in [9.17, 15) is 0 Å². The van der Waals surface area contributed by atoms with Gasteiger partial charge in [0.15, 0.2) is 11.5 Å². The average molecular weight is 309 g/mol. The zero-order valence-electron chi connectivity index (χ0n) is 13.5. The van der Waals surface area contributed by atoms with Crippen LogP contribution in [-0.2, 0) is 6.42 Å². The summed E-state index contributed by atoms with van der Waals surface area (Å²) in [6.45, 7) is 2.13. The lowest BCUT2D eigenvalue weighted by molar-refractivity contribution is 0.355. The average Bonchev–Trinajstić information content (AvgIpc) is 2.61. The van der Waals surface area contributed by atoms with Crippen LogP contribution in [0, 0.1) is 0 Å². The predicted molar refractivity (Wildman–Crippen MR) is 91.7 cm³/mol. The summed E-state index contributed by atoms with van der Waals surface area (Å²) in [5, 5.41) is 4.34. The fourth-order valence-corrected chi connectivity index (χ4v) is 2.47. The first kappa shape index (κ1) is 15.1. The molecule has 0 atom stereocenters. The third-order valence-electron chi connectivity index (χ3n) is 3.75. The molecular formula is C18H19N3O2. The van der Waals surface area contributed by atoms with Gasteiger partial charge in [-0.05, 0) is 36.2 Å². The number of aryl methyl sites for hydroxylation is 1. The van der Waals surface area contributed by atoms with Gasteiger partial charge < -0.3 is 14.8 Å². The van der Waals surface area contributed by atoms with Crippen LogP contribution >= 0.6 is 0 Å². The van der Waals surface area contributed by atoms with E-state index in [1.807, 2.05) is 24.3 Å². The maximum atomic E-state index is 5.34. The van der Waals surface area contributed by atoms with E-state index >= 15 is 0 Å². The van der Waals surface area contributed by atoms with E-state index in [0.717, 1.165) is 28.8 Å². The van der Waals surface area contributed by atoms with Crippen LogP contribution in [-0.4, -0.2) is 24.2 Å². The van der Waals surface area contributed by atoms with Crippen molar-refractivity contribution in [2.24, 2.45) is 0 Å². The number of fused-ring (bicyclic) bond motifs is 1. The van der Waals surface area contributed by atoms with Crippen molar-refractivity contribution >= 4 is 22.4 Å². The Balaban J connectivity index is 2.01. The van der Waals surface area contributed by atoms with E-state index < -0.39 is 0 Å². The van der Waals surface area contributed by atoms with Crippen LogP contribution in [0.2, 0.25) is 0 Å². The lowest BCUT2D eigenvalue weighted by atomic mass is 10.1. The predicted octanol–water partition coefficient (Wildman–Crippen LogP) is 3.95. The van der Waals surface area contributed by atoms with Crippen LogP contribution in [0.5, 0.6) is 11.5 Å². The summed E-state index contributed by atoms with van der Waals surface area (Å²) < 4.78 is 10.6. The van der Waals surface area contributed by atoms with Crippen molar-refractivity contribution in [1.29, 1.82) is 0 Å². The minimum atomic E-state index is 0.671. The fourth-order valence-electron chi connectivity index (χ4n) is 2.47. The van der Waals surface area contributed by atoms with Crippen molar-refractivity contribution in [3.05, 3.63) is 48.3 Å². The number of nitrogens with one attached hydrogen (secondary N) is 1. The summed E-state index contributed by atoms with van der Waals surface area (Å²) in [4.78, 5) is 8.71. The highest BCUT2D eigenvalue weighted by atomic mass is 16.5. The molecule has 118 valence electrons. The summed E-state index contributed by atoms with van der Waals surface area (Å²) in [5.74, 6) is 2.14. The second kappa shape index (κ2) is 6.52. The van der Waals surface area contributed by atoms with Gasteiger partial charge >= 0.3 is 0 Å². The number of anilines is 2. The topological polar surface area (TPSA) is 56.3 Å². The monoisotopic (exact) mass is 309 g/mol. The SMILES string of the molecule is CCc1ccc2ncnc(Nc3ccc(OC)c(OC)c3)c2c1. The van der Waals surface area contributed by atoms with Gasteiger partial charge in [0.2, 0.25) is 0 Å². The molecule has 0 aliphatic rings. The second-order valence-electron chi connectivity index (χ2n) is 5.12. The normalized spacial score (nSPS) is 10.6. The van der Waals surface area contributed by atoms with E-state index in [2.05, 4.69) is 34.3 Å². The molecule has 2 aromatic carbocycles. The zero-order chi connectivity index (χ0) is 16.2. The molecule has 0 unspecified atom stereocenters. The molecule has 0 spiro atoms. The molecule has 1 N–H and O–H groups in total. The van der Waals surface area contributed by atoms with Gasteiger partial charge in [-0.3, -0.25) is 0 Å². The van der Waals surface area contributed by atoms with Crippen molar-refractivity contribution in [3.63, 3.8) is 0 Å². The van der Waals surface area contributed by atoms with Gasteiger partial charge in [0.05, 0.1) is 19.7 Å². The van der Waals surface area contributed by atoms with Gasteiger partial charge in [0, 0.05) is 17.1 Å². The molecule has 0 aliphatic heterocycles. The van der Waals surface area contributed by atoms with Crippen molar-refractivity contribution in [2.45, 2.75) is 13.3 Å².